The Morgan fingerprint density at radius 3 is 0.886 bits per heavy atom. The van der Waals surface area contributed by atoms with Crippen LogP contribution in [0.25, 0.3) is 0 Å². The number of hydrogen-bond acceptors (Lipinski definition) is 22. The quantitative estimate of drug-likeness (QED) is 0.0380. The smallest absolute Gasteiger partial charge is 0.254 e. The van der Waals surface area contributed by atoms with E-state index >= 15 is 0 Å². The van der Waals surface area contributed by atoms with Crippen molar-refractivity contribution < 1.29 is 47.5 Å². The zero-order valence-corrected chi connectivity index (χ0v) is 93.2. The molecule has 10 aromatic heterocycles. The number of pyridine rings is 10. The molecule has 15 heterocycles. The maximum absolute atomic E-state index is 11.6. The highest BCUT2D eigenvalue weighted by Gasteiger charge is 2.26. The normalized spacial score (nSPS) is 15.4. The SMILES string of the molecule is CC(C)Cc1ccc(N2CCCC2=O)nc1.CC(C)Cc1ccc(N2CCCCC2)nc1.CC(C)Cc1ccc(N2CCOCC2)nc1.CC(C)Cc1ccc(N2CCOCC2=O)nc1.CC(C)Cc1ccc(OC2CCCC2)nc1.CC(C)Cc1ccc(OC2CCCCC2)nc1.CC(C)Cc1ccc(OC2CCOCC2)nc1.CC(C)Cc1ccc(Oc2ccccc2)nc1.CC(C)Cc1ccc(Oc2cccnc2)nc1. The van der Waals surface area contributed by atoms with Crippen LogP contribution >= 0.6 is 0 Å². The minimum absolute atomic E-state index is 0.0136. The van der Waals surface area contributed by atoms with Crippen molar-refractivity contribution in [2.24, 2.45) is 53.3 Å². The van der Waals surface area contributed by atoms with Crippen LogP contribution < -0.4 is 43.3 Å². The first-order valence-electron chi connectivity index (χ1n) is 55.7. The van der Waals surface area contributed by atoms with Gasteiger partial charge >= 0.3 is 0 Å². The summed E-state index contributed by atoms with van der Waals surface area (Å²) in [5.41, 5.74) is 11.5. The van der Waals surface area contributed by atoms with E-state index in [0.29, 0.717) is 103 Å². The molecule has 11 aromatic rings. The Morgan fingerprint density at radius 2 is 0.564 bits per heavy atom. The van der Waals surface area contributed by atoms with Crippen LogP contribution in [-0.4, -0.2) is 159 Å². The molecule has 2 amide bonds. The summed E-state index contributed by atoms with van der Waals surface area (Å²) in [7, 11) is 0. The zero-order chi connectivity index (χ0) is 106. The molecule has 0 unspecified atom stereocenters. The van der Waals surface area contributed by atoms with Crippen LogP contribution in [0.1, 0.15) is 277 Å². The lowest BCUT2D eigenvalue weighted by atomic mass is 9.98. The topological polar surface area (TPSA) is 250 Å². The van der Waals surface area contributed by atoms with Crippen LogP contribution in [0.3, 0.4) is 0 Å². The van der Waals surface area contributed by atoms with Crippen LogP contribution in [0.5, 0.6) is 40.9 Å². The molecule has 0 radical (unpaired) electrons. The summed E-state index contributed by atoms with van der Waals surface area (Å²) in [5, 5.41) is 0. The first kappa shape index (κ1) is 119. The van der Waals surface area contributed by atoms with Gasteiger partial charge in [-0.2, -0.15) is 0 Å². The number of rotatable bonds is 32. The maximum atomic E-state index is 11.6. The molecule has 24 nitrogen and oxygen atoms in total. The average molecular weight is 2030 g/mol. The molecule has 0 spiro atoms. The summed E-state index contributed by atoms with van der Waals surface area (Å²) in [5.74, 6) is 15.0. The van der Waals surface area contributed by atoms with Crippen LogP contribution in [-0.2, 0) is 81.6 Å². The number of aromatic nitrogens is 10. The predicted octanol–water partition coefficient (Wildman–Crippen LogP) is 27.4. The van der Waals surface area contributed by atoms with Gasteiger partial charge in [0.2, 0.25) is 35.3 Å². The summed E-state index contributed by atoms with van der Waals surface area (Å²) in [6, 6.07) is 50.5. The molecule has 0 bridgehead atoms. The van der Waals surface area contributed by atoms with Gasteiger partial charge in [0, 0.05) is 144 Å². The summed E-state index contributed by atoms with van der Waals surface area (Å²) in [4.78, 5) is 74.8. The molecule has 1 aromatic carbocycles. The lowest BCUT2D eigenvalue weighted by Gasteiger charge is -2.27. The molecule has 7 fully saturated rings. The van der Waals surface area contributed by atoms with Crippen molar-refractivity contribution in [1.29, 1.82) is 0 Å². The summed E-state index contributed by atoms with van der Waals surface area (Å²) >= 11 is 0. The predicted molar refractivity (Wildman–Crippen MR) is 605 cm³/mol. The highest BCUT2D eigenvalue weighted by atomic mass is 16.5. The maximum Gasteiger partial charge on any atom is 0.254 e. The molecule has 18 rings (SSSR count). The lowest BCUT2D eigenvalue weighted by Crippen LogP contribution is -2.42. The Hall–Kier alpha value is -11.9. The highest BCUT2D eigenvalue weighted by Crippen LogP contribution is 2.30. The molecule has 5 aliphatic heterocycles. The van der Waals surface area contributed by atoms with Crippen LogP contribution in [0.2, 0.25) is 0 Å². The van der Waals surface area contributed by atoms with Crippen molar-refractivity contribution in [3.8, 4) is 40.9 Å². The van der Waals surface area contributed by atoms with E-state index in [9.17, 15) is 9.59 Å². The average Bonchev–Trinajstić information content (AvgIpc) is 1.82. The zero-order valence-electron chi connectivity index (χ0n) is 93.2. The largest absolute Gasteiger partial charge is 0.474 e. The monoisotopic (exact) mass is 2030 g/mol. The van der Waals surface area contributed by atoms with Gasteiger partial charge in [-0.1, -0.05) is 204 Å². The van der Waals surface area contributed by atoms with Gasteiger partial charge in [0.15, 0.2) is 0 Å². The van der Waals surface area contributed by atoms with E-state index < -0.39 is 0 Å². The molecule has 149 heavy (non-hydrogen) atoms. The van der Waals surface area contributed by atoms with Crippen molar-refractivity contribution in [3.63, 3.8) is 0 Å². The summed E-state index contributed by atoms with van der Waals surface area (Å²) in [6.07, 6.45) is 50.4. The second kappa shape index (κ2) is 66.7. The highest BCUT2D eigenvalue weighted by molar-refractivity contribution is 5.94. The van der Waals surface area contributed by atoms with Crippen LogP contribution in [0.4, 0.5) is 23.3 Å². The van der Waals surface area contributed by atoms with E-state index in [-0.39, 0.29) is 24.5 Å². The van der Waals surface area contributed by atoms with Gasteiger partial charge < -0.3 is 47.7 Å². The molecule has 0 N–H and O–H groups in total. The molecule has 2 aliphatic carbocycles. The first-order chi connectivity index (χ1) is 72.0. The molecular weight excluding hydrogens is 1860 g/mol. The number of ether oxygens (including phenoxy) is 8. The van der Waals surface area contributed by atoms with E-state index in [1.807, 2.05) is 147 Å². The lowest BCUT2D eigenvalue weighted by molar-refractivity contribution is -0.125. The van der Waals surface area contributed by atoms with E-state index in [0.717, 1.165) is 170 Å². The van der Waals surface area contributed by atoms with Gasteiger partial charge in [0.05, 0.1) is 45.8 Å². The molecule has 806 valence electrons. The number of carbonyl (C=O) groups excluding carboxylic acids is 2. The Balaban J connectivity index is 0.000000171. The molecule has 7 aliphatic rings. The van der Waals surface area contributed by atoms with Crippen molar-refractivity contribution in [1.82, 2.24) is 49.8 Å². The third-order valence-corrected chi connectivity index (χ3v) is 25.4. The molecule has 2 saturated carbocycles. The minimum atomic E-state index is -0.0136. The Labute approximate surface area is 893 Å². The number of hydrogen-bond donors (Lipinski definition) is 0. The molecule has 0 atom stereocenters. The van der Waals surface area contributed by atoms with E-state index in [1.54, 1.807) is 22.2 Å². The van der Waals surface area contributed by atoms with Crippen molar-refractivity contribution in [2.45, 2.75) is 303 Å². The number of carbonyl (C=O) groups is 2. The van der Waals surface area contributed by atoms with E-state index in [1.165, 1.54) is 140 Å². The fourth-order valence-electron chi connectivity index (χ4n) is 18.3. The van der Waals surface area contributed by atoms with Crippen molar-refractivity contribution in [2.75, 3.05) is 98.5 Å². The van der Waals surface area contributed by atoms with E-state index in [4.69, 9.17) is 37.9 Å². The van der Waals surface area contributed by atoms with Crippen molar-refractivity contribution in [3.05, 3.63) is 270 Å². The standard InChI is InChI=1S/C15H23NO.C15H17NO.C14H16N2O.C14H22N2.C14H21NO2.C14H21NO.C13H18N2O2.C13H20N2O.C13H18N2O/c2*1-12(2)10-13-8-9-15(16-11-13)17-14-6-4-3-5-7-14;1-11(2)8-12-5-6-14(16-9-12)17-13-4-3-7-15-10-13;1-12(2)10-13-6-7-14(15-11-13)16-8-4-3-5-9-16;1-11(2)9-12-3-4-14(15-10-12)17-13-5-7-16-8-6-13;1-11(2)9-12-7-8-14(15-10-12)16-13-5-3-4-6-13;1-10(2)7-11-3-4-12(14-8-11)15-5-6-17-9-13(15)16;1-11(2)9-12-3-4-13(14-10-12)15-5-7-16-8-6-15;1-10(2)8-11-5-6-12(14-9-11)15-7-3-4-13(15)16/h8-9,11-12,14H,3-7,10H2,1-2H3;3-9,11-12H,10H2,1-2H3;3-7,9-11H,8H2,1-2H3;6-7,11-12H,3-5,8-10H2,1-2H3;3-4,10-11,13H,5-9H2,1-2H3;7-8,10-11,13H,3-6,9H2,1-2H3;3-4,8,10H,5-7,9H2,1-2H3;3-4,10-11H,5-9H2,1-2H3;5-6,9-10H,3-4,7-8H2,1-2H3. The molecule has 24 heteroatoms. The number of para-hydroxylation sites is 1. The van der Waals surface area contributed by atoms with Gasteiger partial charge in [-0.3, -0.25) is 24.4 Å². The second-order valence-corrected chi connectivity index (χ2v) is 43.9. The number of benzene rings is 1. The van der Waals surface area contributed by atoms with Crippen LogP contribution in [0, 0.1) is 53.3 Å². The number of morpholine rings is 2. The fraction of sp³-hybridized carbons (Fsp3) is 0.536. The van der Waals surface area contributed by atoms with Crippen molar-refractivity contribution >= 4 is 35.1 Å². The summed E-state index contributed by atoms with van der Waals surface area (Å²) < 4.78 is 44.5. The Kier molecular flexibility index (Phi) is 53.2. The fourth-order valence-corrected chi connectivity index (χ4v) is 18.3. The number of anilines is 4. The first-order valence-corrected chi connectivity index (χ1v) is 55.7. The second-order valence-electron chi connectivity index (χ2n) is 43.9. The Bertz CT molecular complexity index is 5160. The van der Waals surface area contributed by atoms with Gasteiger partial charge in [0.25, 0.3) is 5.91 Å². The third kappa shape index (κ3) is 47.9. The van der Waals surface area contributed by atoms with Gasteiger partial charge in [-0.15, -0.1) is 0 Å². The van der Waals surface area contributed by atoms with Crippen LogP contribution in [0.15, 0.2) is 220 Å². The third-order valence-electron chi connectivity index (χ3n) is 25.4. The number of amides is 2. The number of nitrogens with zero attached hydrogens (tertiary/aromatic N) is 14. The minimum Gasteiger partial charge on any atom is -0.474 e. The van der Waals surface area contributed by atoms with E-state index in [2.05, 4.69) is 245 Å². The van der Waals surface area contributed by atoms with Gasteiger partial charge in [-0.25, -0.2) is 44.9 Å². The van der Waals surface area contributed by atoms with Gasteiger partial charge in [-0.05, 0) is 287 Å². The summed E-state index contributed by atoms with van der Waals surface area (Å²) in [6.45, 7) is 49.5. The Morgan fingerprint density at radius 1 is 0.262 bits per heavy atom. The van der Waals surface area contributed by atoms with Gasteiger partial charge in [0.1, 0.15) is 59.7 Å². The molecule has 5 saturated heterocycles. The molecular formula is C125H176N14O10. The number of piperidine rings is 1.